The number of primary amides is 2. The summed E-state index contributed by atoms with van der Waals surface area (Å²) in [5, 5.41) is 0. The molecule has 4 nitrogen and oxygen atoms in total. The molecular formula is C9H10N2O2. The number of allylic oxidation sites excluding steroid dienone is 3. The van der Waals surface area contributed by atoms with Gasteiger partial charge in [0.2, 0.25) is 11.8 Å². The van der Waals surface area contributed by atoms with Gasteiger partial charge >= 0.3 is 0 Å². The molecule has 68 valence electrons. The van der Waals surface area contributed by atoms with Crippen LogP contribution in [-0.4, -0.2) is 11.8 Å². The molecule has 1 aliphatic rings. The van der Waals surface area contributed by atoms with Gasteiger partial charge in [0.25, 0.3) is 0 Å². The topological polar surface area (TPSA) is 86.2 Å². The Morgan fingerprint density at radius 2 is 1.92 bits per heavy atom. The van der Waals surface area contributed by atoms with E-state index in [4.69, 9.17) is 11.5 Å². The van der Waals surface area contributed by atoms with Crippen molar-refractivity contribution in [2.45, 2.75) is 6.42 Å². The third-order valence-corrected chi connectivity index (χ3v) is 1.68. The summed E-state index contributed by atoms with van der Waals surface area (Å²) in [7, 11) is 0. The summed E-state index contributed by atoms with van der Waals surface area (Å²) in [6.45, 7) is 0. The van der Waals surface area contributed by atoms with Crippen LogP contribution in [0.1, 0.15) is 6.42 Å². The zero-order valence-corrected chi connectivity index (χ0v) is 6.99. The number of hydrogen-bond acceptors (Lipinski definition) is 2. The fourth-order valence-corrected chi connectivity index (χ4v) is 0.986. The Labute approximate surface area is 75.6 Å². The van der Waals surface area contributed by atoms with E-state index in [9.17, 15) is 9.59 Å². The molecule has 0 aromatic carbocycles. The summed E-state index contributed by atoms with van der Waals surface area (Å²) in [5.41, 5.74) is 10.8. The van der Waals surface area contributed by atoms with Crippen LogP contribution in [0.25, 0.3) is 0 Å². The second kappa shape index (κ2) is 3.71. The Morgan fingerprint density at radius 3 is 2.46 bits per heavy atom. The quantitative estimate of drug-likeness (QED) is 0.612. The minimum Gasteiger partial charge on any atom is -0.366 e. The van der Waals surface area contributed by atoms with Crippen LogP contribution in [0.4, 0.5) is 0 Å². The largest absolute Gasteiger partial charge is 0.366 e. The minimum atomic E-state index is -0.565. The molecule has 4 N–H and O–H groups in total. The molecule has 1 aliphatic carbocycles. The molecule has 0 aromatic heterocycles. The molecule has 0 saturated heterocycles. The van der Waals surface area contributed by atoms with Gasteiger partial charge in [-0.3, -0.25) is 9.59 Å². The molecule has 0 spiro atoms. The Hall–Kier alpha value is -1.84. The second-order valence-corrected chi connectivity index (χ2v) is 2.65. The van der Waals surface area contributed by atoms with Crippen molar-refractivity contribution in [3.63, 3.8) is 0 Å². The van der Waals surface area contributed by atoms with Gasteiger partial charge in [-0.1, -0.05) is 12.2 Å². The lowest BCUT2D eigenvalue weighted by Gasteiger charge is -1.97. The minimum absolute atomic E-state index is 0.294. The molecule has 1 rings (SSSR count). The van der Waals surface area contributed by atoms with Gasteiger partial charge in [0.05, 0.1) is 0 Å². The average molecular weight is 178 g/mol. The van der Waals surface area contributed by atoms with E-state index >= 15 is 0 Å². The summed E-state index contributed by atoms with van der Waals surface area (Å²) in [5.74, 6) is -1.09. The van der Waals surface area contributed by atoms with Crippen molar-refractivity contribution in [2.24, 2.45) is 11.5 Å². The SMILES string of the molecule is NC(=O)C1=CC=CCC(C(N)=O)=C1. The smallest absolute Gasteiger partial charge is 0.248 e. The molecular weight excluding hydrogens is 168 g/mol. The standard InChI is InChI=1S/C9H10N2O2/c10-8(12)6-3-1-2-4-7(5-6)9(11)13/h1-3,5H,4H2,(H2,10,12)(H2,11,13). The first kappa shape index (κ1) is 9.25. The zero-order valence-electron chi connectivity index (χ0n) is 6.99. The number of hydrogen-bond donors (Lipinski definition) is 2. The molecule has 13 heavy (non-hydrogen) atoms. The van der Waals surface area contributed by atoms with Gasteiger partial charge in [0.1, 0.15) is 0 Å². The van der Waals surface area contributed by atoms with Gasteiger partial charge in [-0.25, -0.2) is 0 Å². The lowest BCUT2D eigenvalue weighted by molar-refractivity contribution is -0.114. The highest BCUT2D eigenvalue weighted by Crippen LogP contribution is 2.11. The van der Waals surface area contributed by atoms with Crippen molar-refractivity contribution < 1.29 is 9.59 Å². The molecule has 0 radical (unpaired) electrons. The number of carbonyl (C=O) groups is 2. The highest BCUT2D eigenvalue weighted by molar-refractivity contribution is 6.00. The van der Waals surface area contributed by atoms with Crippen molar-refractivity contribution in [3.05, 3.63) is 35.5 Å². The van der Waals surface area contributed by atoms with E-state index in [-0.39, 0.29) is 0 Å². The highest BCUT2D eigenvalue weighted by Gasteiger charge is 2.09. The van der Waals surface area contributed by atoms with Crippen molar-refractivity contribution >= 4 is 11.8 Å². The predicted molar refractivity (Wildman–Crippen MR) is 48.3 cm³/mol. The van der Waals surface area contributed by atoms with Gasteiger partial charge in [-0.15, -0.1) is 0 Å². The monoisotopic (exact) mass is 178 g/mol. The maximum absolute atomic E-state index is 10.8. The van der Waals surface area contributed by atoms with Crippen LogP contribution in [0.5, 0.6) is 0 Å². The van der Waals surface area contributed by atoms with E-state index in [1.165, 1.54) is 6.08 Å². The molecule has 0 bridgehead atoms. The van der Waals surface area contributed by atoms with Crippen molar-refractivity contribution in [1.29, 1.82) is 0 Å². The molecule has 0 heterocycles. The van der Waals surface area contributed by atoms with Gasteiger partial charge in [0.15, 0.2) is 0 Å². The van der Waals surface area contributed by atoms with E-state index < -0.39 is 11.8 Å². The van der Waals surface area contributed by atoms with Crippen LogP contribution >= 0.6 is 0 Å². The second-order valence-electron chi connectivity index (χ2n) is 2.65. The molecule has 0 aliphatic heterocycles. The van der Waals surface area contributed by atoms with E-state index in [0.29, 0.717) is 17.6 Å². The number of nitrogens with two attached hydrogens (primary N) is 2. The number of rotatable bonds is 2. The van der Waals surface area contributed by atoms with Gasteiger partial charge in [0, 0.05) is 11.1 Å². The van der Waals surface area contributed by atoms with Crippen LogP contribution in [0.3, 0.4) is 0 Å². The number of carbonyl (C=O) groups excluding carboxylic acids is 2. The molecule has 4 heteroatoms. The normalized spacial score (nSPS) is 15.7. The Bertz CT molecular complexity index is 338. The van der Waals surface area contributed by atoms with Crippen LogP contribution in [-0.2, 0) is 9.59 Å². The molecule has 0 unspecified atom stereocenters. The van der Waals surface area contributed by atoms with E-state index in [1.807, 2.05) is 0 Å². The fraction of sp³-hybridized carbons (Fsp3) is 0.111. The lowest BCUT2D eigenvalue weighted by atomic mass is 10.1. The third-order valence-electron chi connectivity index (χ3n) is 1.68. The lowest BCUT2D eigenvalue weighted by Crippen LogP contribution is -2.16. The van der Waals surface area contributed by atoms with Crippen molar-refractivity contribution in [1.82, 2.24) is 0 Å². The maximum atomic E-state index is 10.8. The first-order valence-electron chi connectivity index (χ1n) is 3.78. The summed E-state index contributed by atoms with van der Waals surface area (Å²) >= 11 is 0. The molecule has 0 atom stereocenters. The van der Waals surface area contributed by atoms with E-state index in [1.54, 1.807) is 18.2 Å². The summed E-state index contributed by atoms with van der Waals surface area (Å²) < 4.78 is 0. The van der Waals surface area contributed by atoms with Gasteiger partial charge in [-0.05, 0) is 18.6 Å². The third kappa shape index (κ3) is 2.30. The van der Waals surface area contributed by atoms with Gasteiger partial charge in [-0.2, -0.15) is 0 Å². The summed E-state index contributed by atoms with van der Waals surface area (Å²) in [6, 6.07) is 0. The summed E-state index contributed by atoms with van der Waals surface area (Å²) in [4.78, 5) is 21.6. The van der Waals surface area contributed by atoms with Crippen molar-refractivity contribution in [3.8, 4) is 0 Å². The fourth-order valence-electron chi connectivity index (χ4n) is 0.986. The Morgan fingerprint density at radius 1 is 1.23 bits per heavy atom. The zero-order chi connectivity index (χ0) is 9.84. The van der Waals surface area contributed by atoms with Crippen LogP contribution in [0.15, 0.2) is 35.5 Å². The van der Waals surface area contributed by atoms with Gasteiger partial charge < -0.3 is 11.5 Å². The average Bonchev–Trinajstić information content (AvgIpc) is 2.28. The van der Waals surface area contributed by atoms with Crippen LogP contribution < -0.4 is 11.5 Å². The van der Waals surface area contributed by atoms with Crippen LogP contribution in [0.2, 0.25) is 0 Å². The van der Waals surface area contributed by atoms with Crippen molar-refractivity contribution in [2.75, 3.05) is 0 Å². The van der Waals surface area contributed by atoms with E-state index in [0.717, 1.165) is 0 Å². The van der Waals surface area contributed by atoms with Crippen LogP contribution in [0, 0.1) is 0 Å². The predicted octanol–water partition coefficient (Wildman–Crippen LogP) is -0.230. The van der Waals surface area contributed by atoms with E-state index in [2.05, 4.69) is 0 Å². The Kier molecular flexibility index (Phi) is 2.64. The summed E-state index contributed by atoms with van der Waals surface area (Å²) in [6.07, 6.45) is 6.82. The molecule has 0 aromatic rings. The highest BCUT2D eigenvalue weighted by atomic mass is 16.1. The first-order chi connectivity index (χ1) is 6.11. The Balaban J connectivity index is 3.03. The molecule has 0 fully saturated rings. The number of amides is 2. The molecule has 0 saturated carbocycles. The molecule has 2 amide bonds. The maximum Gasteiger partial charge on any atom is 0.248 e. The first-order valence-corrected chi connectivity index (χ1v) is 3.78.